The molecule has 0 radical (unpaired) electrons. The van der Waals surface area contributed by atoms with Crippen LogP contribution in [-0.4, -0.2) is 37.4 Å². The summed E-state index contributed by atoms with van der Waals surface area (Å²) in [4.78, 5) is 27.0. The summed E-state index contributed by atoms with van der Waals surface area (Å²) in [5.41, 5.74) is 2.94. The monoisotopic (exact) mass is 367 g/mol. The normalized spacial score (nSPS) is 15.8. The molecule has 1 atom stereocenters. The molecule has 0 spiro atoms. The van der Waals surface area contributed by atoms with E-state index in [4.69, 9.17) is 9.47 Å². The highest BCUT2D eigenvalue weighted by Gasteiger charge is 2.28. The molecule has 2 aromatic rings. The molecule has 1 unspecified atom stereocenters. The number of hydrogen-bond donors (Lipinski definition) is 0. The van der Waals surface area contributed by atoms with Gasteiger partial charge in [-0.05, 0) is 48.7 Å². The van der Waals surface area contributed by atoms with Crippen LogP contribution in [0, 0.1) is 0 Å². The zero-order valence-electron chi connectivity index (χ0n) is 16.0. The Kier molecular flexibility index (Phi) is 5.79. The molecule has 0 fully saturated rings. The minimum absolute atomic E-state index is 0.00668. The quantitative estimate of drug-likeness (QED) is 0.729. The van der Waals surface area contributed by atoms with Gasteiger partial charge in [-0.3, -0.25) is 9.59 Å². The molecule has 3 rings (SSSR count). The van der Waals surface area contributed by atoms with Gasteiger partial charge in [-0.15, -0.1) is 0 Å². The van der Waals surface area contributed by atoms with Gasteiger partial charge in [0.05, 0.1) is 20.3 Å². The number of fused-ring (bicyclic) bond motifs is 1. The van der Waals surface area contributed by atoms with Crippen LogP contribution >= 0.6 is 0 Å². The van der Waals surface area contributed by atoms with Crippen molar-refractivity contribution in [3.05, 3.63) is 59.2 Å². The predicted octanol–water partition coefficient (Wildman–Crippen LogP) is 3.81. The molecule has 0 N–H and O–H groups in total. The number of ether oxygens (including phenoxy) is 2. The maximum absolute atomic E-state index is 12.7. The van der Waals surface area contributed by atoms with Crippen molar-refractivity contribution in [1.29, 1.82) is 0 Å². The number of hydrogen-bond acceptors (Lipinski definition) is 4. The second-order valence-corrected chi connectivity index (χ2v) is 6.73. The Bertz CT molecular complexity index is 846. The maximum atomic E-state index is 12.7. The van der Waals surface area contributed by atoms with Crippen LogP contribution in [0.15, 0.2) is 42.5 Å². The van der Waals surface area contributed by atoms with Gasteiger partial charge in [0.25, 0.3) is 0 Å². The van der Waals surface area contributed by atoms with Gasteiger partial charge >= 0.3 is 0 Å². The number of rotatable bonds is 6. The van der Waals surface area contributed by atoms with E-state index in [1.165, 1.54) is 5.56 Å². The van der Waals surface area contributed by atoms with E-state index in [-0.39, 0.29) is 30.6 Å². The van der Waals surface area contributed by atoms with Gasteiger partial charge in [0, 0.05) is 24.9 Å². The first-order valence-corrected chi connectivity index (χ1v) is 9.17. The number of methoxy groups -OCH3 is 2. The first-order chi connectivity index (χ1) is 13.0. The number of Topliss-reactive ketones (excluding diaryl/α,β-unsaturated/α-hetero) is 1. The highest BCUT2D eigenvalue weighted by molar-refractivity contribution is 5.98. The largest absolute Gasteiger partial charge is 0.497 e. The van der Waals surface area contributed by atoms with Crippen LogP contribution in [0.1, 0.15) is 47.3 Å². The summed E-state index contributed by atoms with van der Waals surface area (Å²) in [5, 5.41) is 0. The van der Waals surface area contributed by atoms with E-state index in [0.717, 1.165) is 17.7 Å². The molecule has 142 valence electrons. The number of nitrogens with zero attached hydrogens (tertiary/aromatic N) is 1. The van der Waals surface area contributed by atoms with Crippen LogP contribution in [0.2, 0.25) is 0 Å². The Morgan fingerprint density at radius 1 is 1.04 bits per heavy atom. The fourth-order valence-electron chi connectivity index (χ4n) is 3.56. The summed E-state index contributed by atoms with van der Waals surface area (Å²) in [7, 11) is 3.21. The molecule has 1 heterocycles. The molecule has 27 heavy (non-hydrogen) atoms. The van der Waals surface area contributed by atoms with Crippen LogP contribution in [0.4, 0.5) is 0 Å². The molecular formula is C22H25NO4. The van der Waals surface area contributed by atoms with Gasteiger partial charge in [-0.1, -0.05) is 18.2 Å². The summed E-state index contributed by atoms with van der Waals surface area (Å²) >= 11 is 0. The third-order valence-electron chi connectivity index (χ3n) is 5.17. The van der Waals surface area contributed by atoms with Crippen LogP contribution < -0.4 is 9.47 Å². The lowest BCUT2D eigenvalue weighted by molar-refractivity contribution is -0.133. The molecule has 0 aliphatic carbocycles. The van der Waals surface area contributed by atoms with E-state index >= 15 is 0 Å². The Hall–Kier alpha value is -2.82. The van der Waals surface area contributed by atoms with Crippen molar-refractivity contribution in [2.45, 2.75) is 32.2 Å². The highest BCUT2D eigenvalue weighted by Crippen LogP contribution is 2.32. The molecule has 5 heteroatoms. The molecular weight excluding hydrogens is 342 g/mol. The van der Waals surface area contributed by atoms with Crippen molar-refractivity contribution in [2.75, 3.05) is 20.8 Å². The predicted molar refractivity (Wildman–Crippen MR) is 103 cm³/mol. The fourth-order valence-corrected chi connectivity index (χ4v) is 3.56. The van der Waals surface area contributed by atoms with Crippen LogP contribution in [-0.2, 0) is 11.2 Å². The van der Waals surface area contributed by atoms with Gasteiger partial charge in [-0.25, -0.2) is 0 Å². The Morgan fingerprint density at radius 2 is 1.78 bits per heavy atom. The lowest BCUT2D eigenvalue weighted by atomic mass is 9.92. The smallest absolute Gasteiger partial charge is 0.223 e. The van der Waals surface area contributed by atoms with E-state index in [0.29, 0.717) is 17.9 Å². The number of carbonyl (C=O) groups is 2. The van der Waals surface area contributed by atoms with Gasteiger partial charge in [0.15, 0.2) is 5.78 Å². The van der Waals surface area contributed by atoms with Gasteiger partial charge in [-0.2, -0.15) is 0 Å². The zero-order chi connectivity index (χ0) is 19.4. The highest BCUT2D eigenvalue weighted by atomic mass is 16.5. The molecule has 0 aromatic heterocycles. The van der Waals surface area contributed by atoms with Crippen molar-refractivity contribution < 1.29 is 19.1 Å². The molecule has 1 aliphatic rings. The van der Waals surface area contributed by atoms with E-state index in [2.05, 4.69) is 6.07 Å². The molecule has 1 aliphatic heterocycles. The lowest BCUT2D eigenvalue weighted by Crippen LogP contribution is -2.39. The molecule has 5 nitrogen and oxygen atoms in total. The van der Waals surface area contributed by atoms with E-state index < -0.39 is 0 Å². The minimum Gasteiger partial charge on any atom is -0.497 e. The fraction of sp³-hybridized carbons (Fsp3) is 0.364. The third-order valence-corrected chi connectivity index (χ3v) is 5.17. The standard InChI is InChI=1S/C22H25NO4/c1-15-20-14-19(27-3)8-7-16(20)11-12-23(15)22(25)10-9-21(24)17-5-4-6-18(13-17)26-2/h4-8,13-15H,9-12H2,1-3H3. The summed E-state index contributed by atoms with van der Waals surface area (Å²) in [6.07, 6.45) is 1.22. The number of benzene rings is 2. The average Bonchev–Trinajstić information content (AvgIpc) is 2.71. The number of amides is 1. The second-order valence-electron chi connectivity index (χ2n) is 6.73. The van der Waals surface area contributed by atoms with Gasteiger partial charge in [0.2, 0.25) is 5.91 Å². The first kappa shape index (κ1) is 19.0. The van der Waals surface area contributed by atoms with Gasteiger partial charge in [0.1, 0.15) is 11.5 Å². The summed E-state index contributed by atoms with van der Waals surface area (Å²) in [6, 6.07) is 13.0. The maximum Gasteiger partial charge on any atom is 0.223 e. The molecule has 2 aromatic carbocycles. The van der Waals surface area contributed by atoms with Crippen molar-refractivity contribution in [3.63, 3.8) is 0 Å². The van der Waals surface area contributed by atoms with Crippen LogP contribution in [0.3, 0.4) is 0 Å². The van der Waals surface area contributed by atoms with E-state index in [1.807, 2.05) is 24.0 Å². The third kappa shape index (κ3) is 4.13. The lowest BCUT2D eigenvalue weighted by Gasteiger charge is -2.35. The average molecular weight is 367 g/mol. The molecule has 1 amide bonds. The van der Waals surface area contributed by atoms with Crippen molar-refractivity contribution in [3.8, 4) is 11.5 Å². The Labute approximate surface area is 159 Å². The molecule has 0 saturated heterocycles. The van der Waals surface area contributed by atoms with Crippen molar-refractivity contribution in [1.82, 2.24) is 4.90 Å². The van der Waals surface area contributed by atoms with Crippen molar-refractivity contribution in [2.24, 2.45) is 0 Å². The van der Waals surface area contributed by atoms with Gasteiger partial charge < -0.3 is 14.4 Å². The zero-order valence-corrected chi connectivity index (χ0v) is 16.0. The van der Waals surface area contributed by atoms with E-state index in [1.54, 1.807) is 38.5 Å². The van der Waals surface area contributed by atoms with Crippen LogP contribution in [0.25, 0.3) is 0 Å². The van der Waals surface area contributed by atoms with Crippen LogP contribution in [0.5, 0.6) is 11.5 Å². The minimum atomic E-state index is -0.0472. The SMILES string of the molecule is COc1cccc(C(=O)CCC(=O)N2CCc3ccc(OC)cc3C2C)c1. The Balaban J connectivity index is 1.65. The Morgan fingerprint density at radius 3 is 2.52 bits per heavy atom. The summed E-state index contributed by atoms with van der Waals surface area (Å²) in [5.74, 6) is 1.40. The molecule has 0 saturated carbocycles. The number of ketones is 1. The first-order valence-electron chi connectivity index (χ1n) is 9.17. The summed E-state index contributed by atoms with van der Waals surface area (Å²) < 4.78 is 10.5. The van der Waals surface area contributed by atoms with Crippen molar-refractivity contribution >= 4 is 11.7 Å². The molecule has 0 bridgehead atoms. The topological polar surface area (TPSA) is 55.8 Å². The summed E-state index contributed by atoms with van der Waals surface area (Å²) in [6.45, 7) is 2.70. The van der Waals surface area contributed by atoms with E-state index in [9.17, 15) is 9.59 Å². The number of carbonyl (C=O) groups excluding carboxylic acids is 2. The second kappa shape index (κ2) is 8.25.